The highest BCUT2D eigenvalue weighted by Crippen LogP contribution is 2.34. The molecule has 0 aliphatic heterocycles. The molecule has 3 aromatic rings. The van der Waals surface area contributed by atoms with Crippen molar-refractivity contribution in [3.63, 3.8) is 0 Å². The molecule has 9 heteroatoms. The van der Waals surface area contributed by atoms with Gasteiger partial charge in [0.1, 0.15) is 0 Å². The molecule has 0 radical (unpaired) electrons. The molecule has 1 aliphatic rings. The van der Waals surface area contributed by atoms with Crippen molar-refractivity contribution in [1.29, 1.82) is 0 Å². The van der Waals surface area contributed by atoms with Crippen molar-refractivity contribution in [2.75, 3.05) is 0 Å². The number of benzene rings is 1. The van der Waals surface area contributed by atoms with E-state index in [-0.39, 0.29) is 17.8 Å². The molecule has 1 atom stereocenters. The Bertz CT molecular complexity index is 1010. The Kier molecular flexibility index (Phi) is 4.21. The quantitative estimate of drug-likeness (QED) is 0.759. The second-order valence-electron chi connectivity index (χ2n) is 6.54. The number of carbonyl (C=O) groups excluding carboxylic acids is 1. The molecule has 7 nitrogen and oxygen atoms in total. The molecular weight excluding hydrogens is 356 g/mol. The summed E-state index contributed by atoms with van der Waals surface area (Å²) in [4.78, 5) is 16.2. The van der Waals surface area contributed by atoms with Crippen LogP contribution in [0.3, 0.4) is 0 Å². The van der Waals surface area contributed by atoms with Gasteiger partial charge in [0, 0.05) is 18.8 Å². The van der Waals surface area contributed by atoms with Crippen LogP contribution >= 0.6 is 0 Å². The van der Waals surface area contributed by atoms with Gasteiger partial charge in [-0.2, -0.15) is 10.1 Å². The lowest BCUT2D eigenvalue weighted by atomic mass is 10.0. The molecule has 1 aliphatic carbocycles. The van der Waals surface area contributed by atoms with E-state index < -0.39 is 12.2 Å². The second-order valence-corrected chi connectivity index (χ2v) is 6.54. The van der Waals surface area contributed by atoms with Crippen LogP contribution in [0.2, 0.25) is 0 Å². The van der Waals surface area contributed by atoms with E-state index in [0.29, 0.717) is 16.8 Å². The molecule has 140 valence electrons. The number of aryl methyl sites for hydroxylation is 3. The summed E-state index contributed by atoms with van der Waals surface area (Å²) in [6, 6.07) is 5.34. The molecule has 1 amide bonds. The van der Waals surface area contributed by atoms with Crippen LogP contribution in [0.4, 0.5) is 8.78 Å². The Morgan fingerprint density at radius 2 is 2.22 bits per heavy atom. The van der Waals surface area contributed by atoms with Crippen LogP contribution in [-0.2, 0) is 13.5 Å². The standard InChI is InChI=1S/C18H17F2N5O2/c1-9-13(8-25(2)23-9)17(26)21-14-6-4-10-7-11(3-5-12(10)14)18-22-16(15(19)20)24-27-18/h3,5,7-8,14-15H,4,6H2,1-2H3,(H,21,26)/t14-/m1/s1. The van der Waals surface area contributed by atoms with Gasteiger partial charge >= 0.3 is 6.43 Å². The summed E-state index contributed by atoms with van der Waals surface area (Å²) in [5.41, 5.74) is 3.84. The topological polar surface area (TPSA) is 85.8 Å². The Labute approximate surface area is 153 Å². The number of halogens is 2. The Hall–Kier alpha value is -3.10. The third-order valence-electron chi connectivity index (χ3n) is 4.67. The fraction of sp³-hybridized carbons (Fsp3) is 0.333. The van der Waals surface area contributed by atoms with E-state index >= 15 is 0 Å². The van der Waals surface area contributed by atoms with Crippen molar-refractivity contribution >= 4 is 5.91 Å². The second kappa shape index (κ2) is 6.57. The average molecular weight is 373 g/mol. The van der Waals surface area contributed by atoms with Crippen molar-refractivity contribution in [2.45, 2.75) is 32.2 Å². The third-order valence-corrected chi connectivity index (χ3v) is 4.67. The van der Waals surface area contributed by atoms with Gasteiger partial charge in [-0.05, 0) is 43.0 Å². The zero-order chi connectivity index (χ0) is 19.1. The van der Waals surface area contributed by atoms with Gasteiger partial charge in [0.05, 0.1) is 17.3 Å². The lowest BCUT2D eigenvalue weighted by Gasteiger charge is -2.14. The predicted octanol–water partition coefficient (Wildman–Crippen LogP) is 3.13. The van der Waals surface area contributed by atoms with Crippen molar-refractivity contribution in [1.82, 2.24) is 25.2 Å². The summed E-state index contributed by atoms with van der Waals surface area (Å²) in [7, 11) is 1.77. The molecule has 0 fully saturated rings. The first-order valence-corrected chi connectivity index (χ1v) is 8.48. The summed E-state index contributed by atoms with van der Waals surface area (Å²) >= 11 is 0. The van der Waals surface area contributed by atoms with Crippen molar-refractivity contribution in [2.24, 2.45) is 7.05 Å². The normalized spacial score (nSPS) is 16.0. The highest BCUT2D eigenvalue weighted by Gasteiger charge is 2.26. The number of amides is 1. The minimum Gasteiger partial charge on any atom is -0.345 e. The van der Waals surface area contributed by atoms with E-state index in [4.69, 9.17) is 4.52 Å². The maximum Gasteiger partial charge on any atom is 0.300 e. The van der Waals surface area contributed by atoms with Crippen LogP contribution < -0.4 is 5.32 Å². The van der Waals surface area contributed by atoms with E-state index in [9.17, 15) is 13.6 Å². The van der Waals surface area contributed by atoms with Gasteiger partial charge in [-0.15, -0.1) is 0 Å². The SMILES string of the molecule is Cc1nn(C)cc1C(=O)N[C@@H]1CCc2cc(-c3nc(C(F)F)no3)ccc21. The van der Waals surface area contributed by atoms with Gasteiger partial charge in [0.15, 0.2) is 0 Å². The van der Waals surface area contributed by atoms with Gasteiger partial charge in [-0.25, -0.2) is 8.78 Å². The van der Waals surface area contributed by atoms with Gasteiger partial charge in [-0.1, -0.05) is 11.2 Å². The van der Waals surface area contributed by atoms with Gasteiger partial charge in [0.25, 0.3) is 11.8 Å². The maximum absolute atomic E-state index is 12.6. The third kappa shape index (κ3) is 3.20. The smallest absolute Gasteiger partial charge is 0.300 e. The van der Waals surface area contributed by atoms with Crippen LogP contribution in [-0.4, -0.2) is 25.8 Å². The Morgan fingerprint density at radius 3 is 2.89 bits per heavy atom. The monoisotopic (exact) mass is 373 g/mol. The number of hydrogen-bond acceptors (Lipinski definition) is 5. The molecule has 1 aromatic carbocycles. The van der Waals surface area contributed by atoms with Crippen LogP contribution in [0.25, 0.3) is 11.5 Å². The lowest BCUT2D eigenvalue weighted by Crippen LogP contribution is -2.27. The Morgan fingerprint density at radius 1 is 1.41 bits per heavy atom. The van der Waals surface area contributed by atoms with Crippen LogP contribution in [0, 0.1) is 6.92 Å². The highest BCUT2D eigenvalue weighted by atomic mass is 19.3. The van der Waals surface area contributed by atoms with Crippen LogP contribution in [0.15, 0.2) is 28.9 Å². The number of carbonyl (C=O) groups is 1. The summed E-state index contributed by atoms with van der Waals surface area (Å²) in [6.07, 6.45) is 0.443. The molecule has 0 saturated carbocycles. The van der Waals surface area contributed by atoms with Crippen molar-refractivity contribution in [3.8, 4) is 11.5 Å². The van der Waals surface area contributed by atoms with E-state index in [1.807, 2.05) is 12.1 Å². The van der Waals surface area contributed by atoms with E-state index in [2.05, 4.69) is 20.6 Å². The van der Waals surface area contributed by atoms with E-state index in [1.165, 1.54) is 0 Å². The molecule has 4 rings (SSSR count). The van der Waals surface area contributed by atoms with E-state index in [1.54, 1.807) is 30.9 Å². The predicted molar refractivity (Wildman–Crippen MR) is 91.2 cm³/mol. The summed E-state index contributed by atoms with van der Waals surface area (Å²) < 4.78 is 31.8. The van der Waals surface area contributed by atoms with E-state index in [0.717, 1.165) is 24.0 Å². The minimum atomic E-state index is -2.77. The fourth-order valence-electron chi connectivity index (χ4n) is 3.40. The van der Waals surface area contributed by atoms with Crippen LogP contribution in [0.5, 0.6) is 0 Å². The average Bonchev–Trinajstić information content (AvgIpc) is 3.33. The first kappa shape index (κ1) is 17.3. The number of alkyl halides is 2. The Balaban J connectivity index is 1.54. The summed E-state index contributed by atoms with van der Waals surface area (Å²) in [5.74, 6) is -0.727. The molecule has 1 N–H and O–H groups in total. The van der Waals surface area contributed by atoms with Crippen molar-refractivity contribution in [3.05, 3.63) is 52.6 Å². The zero-order valence-corrected chi connectivity index (χ0v) is 14.7. The summed E-state index contributed by atoms with van der Waals surface area (Å²) in [6.45, 7) is 1.79. The molecule has 2 heterocycles. The largest absolute Gasteiger partial charge is 0.345 e. The maximum atomic E-state index is 12.6. The lowest BCUT2D eigenvalue weighted by molar-refractivity contribution is 0.0936. The first-order chi connectivity index (χ1) is 12.9. The molecule has 2 aromatic heterocycles. The number of fused-ring (bicyclic) bond motifs is 1. The van der Waals surface area contributed by atoms with Gasteiger partial charge < -0.3 is 9.84 Å². The molecule has 0 bridgehead atoms. The number of nitrogens with one attached hydrogen (secondary N) is 1. The minimum absolute atomic E-state index is 0.0616. The van der Waals surface area contributed by atoms with Gasteiger partial charge in [0.2, 0.25) is 5.82 Å². The fourth-order valence-corrected chi connectivity index (χ4v) is 3.40. The number of aromatic nitrogens is 4. The molecular formula is C18H17F2N5O2. The summed E-state index contributed by atoms with van der Waals surface area (Å²) in [5, 5.41) is 10.5. The molecule has 0 spiro atoms. The van der Waals surface area contributed by atoms with Crippen molar-refractivity contribution < 1.29 is 18.1 Å². The molecule has 27 heavy (non-hydrogen) atoms. The molecule has 0 saturated heterocycles. The van der Waals surface area contributed by atoms with Gasteiger partial charge in [-0.3, -0.25) is 9.48 Å². The first-order valence-electron chi connectivity index (χ1n) is 8.48. The number of nitrogens with zero attached hydrogens (tertiary/aromatic N) is 4. The van der Waals surface area contributed by atoms with Crippen LogP contribution in [0.1, 0.15) is 51.9 Å². The highest BCUT2D eigenvalue weighted by molar-refractivity contribution is 5.95. The molecule has 0 unspecified atom stereocenters. The number of hydrogen-bond donors (Lipinski definition) is 1. The zero-order valence-electron chi connectivity index (χ0n) is 14.7. The number of rotatable bonds is 4.